The van der Waals surface area contributed by atoms with Crippen LogP contribution in [0.5, 0.6) is 0 Å². The van der Waals surface area contributed by atoms with Crippen LogP contribution < -0.4 is 5.56 Å². The maximum atomic E-state index is 12.0. The highest BCUT2D eigenvalue weighted by Gasteiger charge is 2.11. The summed E-state index contributed by atoms with van der Waals surface area (Å²) >= 11 is 1.25. The molecule has 1 N–H and O–H groups in total. The number of hydrogen-bond donors (Lipinski definition) is 1. The van der Waals surface area contributed by atoms with E-state index in [-0.39, 0.29) is 18.1 Å². The molecule has 7 nitrogen and oxygen atoms in total. The lowest BCUT2D eigenvalue weighted by Crippen LogP contribution is -2.14. The number of carbonyl (C=O) groups is 1. The molecule has 0 aliphatic heterocycles. The molecule has 0 saturated carbocycles. The molecule has 27 heavy (non-hydrogen) atoms. The highest BCUT2D eigenvalue weighted by molar-refractivity contribution is 7.16. The summed E-state index contributed by atoms with van der Waals surface area (Å²) in [6.07, 6.45) is 3.84. The van der Waals surface area contributed by atoms with Gasteiger partial charge in [0.25, 0.3) is 5.56 Å². The molecule has 3 heterocycles. The van der Waals surface area contributed by atoms with Gasteiger partial charge in [0, 0.05) is 35.3 Å². The Labute approximate surface area is 158 Å². The van der Waals surface area contributed by atoms with Crippen LogP contribution in [-0.2, 0) is 22.6 Å². The predicted octanol–water partition coefficient (Wildman–Crippen LogP) is 3.01. The lowest BCUT2D eigenvalue weighted by molar-refractivity contribution is -0.145. The monoisotopic (exact) mass is 382 g/mol. The number of benzene rings is 1. The molecule has 8 heteroatoms. The van der Waals surface area contributed by atoms with E-state index in [4.69, 9.17) is 4.74 Å². The minimum Gasteiger partial charge on any atom is -0.458 e. The minimum atomic E-state index is -0.273. The number of esters is 1. The highest BCUT2D eigenvalue weighted by atomic mass is 32.1. The van der Waals surface area contributed by atoms with Crippen LogP contribution in [0, 0.1) is 6.92 Å². The van der Waals surface area contributed by atoms with Crippen molar-refractivity contribution in [1.29, 1.82) is 0 Å². The molecule has 0 bridgehead atoms. The Morgan fingerprint density at radius 2 is 2.19 bits per heavy atom. The first-order valence-electron chi connectivity index (χ1n) is 8.67. The van der Waals surface area contributed by atoms with Gasteiger partial charge in [-0.1, -0.05) is 29.5 Å². The van der Waals surface area contributed by atoms with Gasteiger partial charge >= 0.3 is 5.97 Å². The van der Waals surface area contributed by atoms with Crippen LogP contribution in [-0.4, -0.2) is 25.6 Å². The van der Waals surface area contributed by atoms with Crippen molar-refractivity contribution >= 4 is 33.2 Å². The first kappa shape index (κ1) is 17.4. The Kier molecular flexibility index (Phi) is 4.72. The zero-order valence-electron chi connectivity index (χ0n) is 14.8. The summed E-state index contributed by atoms with van der Waals surface area (Å²) in [4.78, 5) is 31.9. The molecule has 0 atom stereocenters. The van der Waals surface area contributed by atoms with Crippen molar-refractivity contribution in [2.75, 3.05) is 0 Å². The summed E-state index contributed by atoms with van der Waals surface area (Å²) < 4.78 is 6.53. The van der Waals surface area contributed by atoms with Crippen LogP contribution in [0.2, 0.25) is 0 Å². The highest BCUT2D eigenvalue weighted by Crippen LogP contribution is 2.19. The number of aromatic nitrogens is 4. The van der Waals surface area contributed by atoms with E-state index in [1.54, 1.807) is 6.92 Å². The van der Waals surface area contributed by atoms with E-state index in [0.717, 1.165) is 11.9 Å². The molecule has 1 aromatic carbocycles. The third kappa shape index (κ3) is 3.75. The fourth-order valence-electron chi connectivity index (χ4n) is 2.99. The van der Waals surface area contributed by atoms with Crippen molar-refractivity contribution in [2.45, 2.75) is 32.8 Å². The summed E-state index contributed by atoms with van der Waals surface area (Å²) in [6, 6.07) is 9.53. The number of ether oxygens (including phenoxy) is 1. The first-order valence-corrected chi connectivity index (χ1v) is 9.49. The Bertz CT molecular complexity index is 1170. The lowest BCUT2D eigenvalue weighted by atomic mass is 10.1. The average Bonchev–Trinajstić information content (AvgIpc) is 3.24. The fourth-order valence-corrected chi connectivity index (χ4v) is 3.85. The number of rotatable bonds is 6. The van der Waals surface area contributed by atoms with Gasteiger partial charge in [0.05, 0.1) is 0 Å². The quantitative estimate of drug-likeness (QED) is 0.518. The first-order chi connectivity index (χ1) is 13.1. The number of carbonyl (C=O) groups excluding carboxylic acids is 1. The molecule has 0 aliphatic rings. The number of fused-ring (bicyclic) bond motifs is 2. The number of hydrogen-bond acceptors (Lipinski definition) is 6. The molecule has 0 aliphatic carbocycles. The SMILES string of the molecule is Cc1cc(=O)n2nc(COC(=O)CCCc3c[nH]c4ccccc34)sc2n1. The molecule has 0 spiro atoms. The van der Waals surface area contributed by atoms with Gasteiger partial charge in [-0.05, 0) is 31.4 Å². The van der Waals surface area contributed by atoms with Gasteiger partial charge in [0.1, 0.15) is 6.61 Å². The molecule has 4 aromatic rings. The van der Waals surface area contributed by atoms with Crippen molar-refractivity contribution in [3.8, 4) is 0 Å². The van der Waals surface area contributed by atoms with E-state index in [0.29, 0.717) is 28.5 Å². The molecule has 3 aromatic heterocycles. The summed E-state index contributed by atoms with van der Waals surface area (Å²) in [5, 5.41) is 5.90. The van der Waals surface area contributed by atoms with Crippen LogP contribution in [0.25, 0.3) is 15.9 Å². The van der Waals surface area contributed by atoms with E-state index in [1.165, 1.54) is 32.9 Å². The maximum Gasteiger partial charge on any atom is 0.306 e. The largest absolute Gasteiger partial charge is 0.458 e. The number of aromatic amines is 1. The standard InChI is InChI=1S/C19H18N4O3S/c1-12-9-17(24)23-19(21-12)27-16(22-23)11-26-18(25)8-4-5-13-10-20-15-7-3-2-6-14(13)15/h2-3,6-7,9-10,20H,4-5,8,11H2,1H3. The molecular formula is C19H18N4O3S. The van der Waals surface area contributed by atoms with Crippen LogP contribution in [0.1, 0.15) is 29.1 Å². The average molecular weight is 382 g/mol. The third-order valence-corrected chi connectivity index (χ3v) is 5.16. The normalized spacial score (nSPS) is 11.3. The number of para-hydroxylation sites is 1. The fraction of sp³-hybridized carbons (Fsp3) is 0.263. The third-order valence-electron chi connectivity index (χ3n) is 4.27. The molecule has 0 unspecified atom stereocenters. The zero-order chi connectivity index (χ0) is 18.8. The molecule has 0 saturated heterocycles. The Morgan fingerprint density at radius 1 is 1.33 bits per heavy atom. The molecule has 0 fully saturated rings. The van der Waals surface area contributed by atoms with Gasteiger partial charge in [-0.3, -0.25) is 9.59 Å². The number of nitrogens with zero attached hydrogens (tertiary/aromatic N) is 3. The Hall–Kier alpha value is -3.00. The molecule has 138 valence electrons. The number of aryl methyl sites for hydroxylation is 2. The van der Waals surface area contributed by atoms with Gasteiger partial charge < -0.3 is 9.72 Å². The van der Waals surface area contributed by atoms with Gasteiger partial charge in [0.2, 0.25) is 4.96 Å². The number of nitrogens with one attached hydrogen (secondary N) is 1. The predicted molar refractivity (Wildman–Crippen MR) is 103 cm³/mol. The van der Waals surface area contributed by atoms with Crippen LogP contribution in [0.15, 0.2) is 41.3 Å². The van der Waals surface area contributed by atoms with E-state index in [1.807, 2.05) is 24.4 Å². The van der Waals surface area contributed by atoms with Crippen LogP contribution in [0.3, 0.4) is 0 Å². The van der Waals surface area contributed by atoms with Crippen molar-refractivity contribution < 1.29 is 9.53 Å². The van der Waals surface area contributed by atoms with Gasteiger partial charge in [-0.25, -0.2) is 4.98 Å². The molecule has 0 amide bonds. The molecule has 4 rings (SSSR count). The van der Waals surface area contributed by atoms with E-state index >= 15 is 0 Å². The number of H-pyrrole nitrogens is 1. The summed E-state index contributed by atoms with van der Waals surface area (Å²) in [7, 11) is 0. The second-order valence-electron chi connectivity index (χ2n) is 6.30. The van der Waals surface area contributed by atoms with E-state index in [9.17, 15) is 9.59 Å². The van der Waals surface area contributed by atoms with Crippen molar-refractivity contribution in [3.05, 3.63) is 63.1 Å². The Morgan fingerprint density at radius 3 is 3.07 bits per heavy atom. The van der Waals surface area contributed by atoms with Crippen molar-refractivity contribution in [2.24, 2.45) is 0 Å². The lowest BCUT2D eigenvalue weighted by Gasteiger charge is -2.02. The second kappa shape index (κ2) is 7.32. The Balaban J connectivity index is 1.31. The maximum absolute atomic E-state index is 12.0. The van der Waals surface area contributed by atoms with E-state index in [2.05, 4.69) is 21.1 Å². The van der Waals surface area contributed by atoms with Gasteiger partial charge in [-0.15, -0.1) is 0 Å². The van der Waals surface area contributed by atoms with Crippen molar-refractivity contribution in [3.63, 3.8) is 0 Å². The van der Waals surface area contributed by atoms with E-state index < -0.39 is 0 Å². The zero-order valence-corrected chi connectivity index (χ0v) is 15.6. The molecule has 0 radical (unpaired) electrons. The van der Waals surface area contributed by atoms with Crippen LogP contribution in [0.4, 0.5) is 0 Å². The second-order valence-corrected chi connectivity index (χ2v) is 7.34. The topological polar surface area (TPSA) is 89.4 Å². The summed E-state index contributed by atoms with van der Waals surface area (Å²) in [6.45, 7) is 1.81. The molecular weight excluding hydrogens is 364 g/mol. The van der Waals surface area contributed by atoms with Crippen molar-refractivity contribution in [1.82, 2.24) is 19.6 Å². The minimum absolute atomic E-state index is 0.0540. The van der Waals surface area contributed by atoms with Gasteiger partial charge in [-0.2, -0.15) is 9.61 Å². The van der Waals surface area contributed by atoms with Gasteiger partial charge in [0.15, 0.2) is 5.01 Å². The smallest absolute Gasteiger partial charge is 0.306 e. The summed E-state index contributed by atoms with van der Waals surface area (Å²) in [5.41, 5.74) is 2.71. The van der Waals surface area contributed by atoms with Crippen LogP contribution >= 0.6 is 11.3 Å². The summed E-state index contributed by atoms with van der Waals surface area (Å²) in [5.74, 6) is -0.273.